The van der Waals surface area contributed by atoms with Crippen molar-refractivity contribution in [1.29, 1.82) is 0 Å². The summed E-state index contributed by atoms with van der Waals surface area (Å²) in [5, 5.41) is 14.1. The molecule has 1 aromatic heterocycles. The number of hydrogen-bond donors (Lipinski definition) is 1. The van der Waals surface area contributed by atoms with Gasteiger partial charge in [-0.3, -0.25) is 19.9 Å². The second-order valence-electron chi connectivity index (χ2n) is 5.31. The summed E-state index contributed by atoms with van der Waals surface area (Å²) in [6.07, 6.45) is 3.64. The van der Waals surface area contributed by atoms with E-state index in [-0.39, 0.29) is 23.1 Å². The third kappa shape index (κ3) is 3.55. The first-order chi connectivity index (χ1) is 10.0. The molecular formula is C14H20N4O3. The minimum Gasteiger partial charge on any atom is -0.342 e. The van der Waals surface area contributed by atoms with E-state index in [9.17, 15) is 14.9 Å². The lowest BCUT2D eigenvalue weighted by molar-refractivity contribution is -0.386. The SMILES string of the molecule is Cc1cnc(CNCC(=O)N2CCCC2)c(C)c1[N+](=O)[O-]. The molecule has 1 aliphatic heterocycles. The Kier molecular flexibility index (Phi) is 4.85. The van der Waals surface area contributed by atoms with E-state index in [1.807, 2.05) is 4.90 Å². The number of nitrogens with one attached hydrogen (secondary N) is 1. The van der Waals surface area contributed by atoms with Crippen molar-refractivity contribution in [2.75, 3.05) is 19.6 Å². The average Bonchev–Trinajstić information content (AvgIpc) is 2.95. The highest BCUT2D eigenvalue weighted by Gasteiger charge is 2.20. The lowest BCUT2D eigenvalue weighted by Crippen LogP contribution is -2.36. The highest BCUT2D eigenvalue weighted by Crippen LogP contribution is 2.23. The Morgan fingerprint density at radius 2 is 2.10 bits per heavy atom. The van der Waals surface area contributed by atoms with E-state index >= 15 is 0 Å². The fraction of sp³-hybridized carbons (Fsp3) is 0.571. The summed E-state index contributed by atoms with van der Waals surface area (Å²) < 4.78 is 0. The van der Waals surface area contributed by atoms with Crippen LogP contribution in [-0.4, -0.2) is 40.3 Å². The molecule has 0 aliphatic carbocycles. The van der Waals surface area contributed by atoms with Crippen LogP contribution >= 0.6 is 0 Å². The van der Waals surface area contributed by atoms with E-state index in [0.29, 0.717) is 23.4 Å². The molecule has 7 nitrogen and oxygen atoms in total. The minimum atomic E-state index is -0.384. The molecule has 1 N–H and O–H groups in total. The van der Waals surface area contributed by atoms with E-state index in [2.05, 4.69) is 10.3 Å². The number of amides is 1. The molecule has 0 bridgehead atoms. The predicted molar refractivity (Wildman–Crippen MR) is 77.9 cm³/mol. The van der Waals surface area contributed by atoms with Crippen LogP contribution in [0.15, 0.2) is 6.20 Å². The van der Waals surface area contributed by atoms with Gasteiger partial charge in [-0.05, 0) is 26.7 Å². The molecule has 0 spiro atoms. The van der Waals surface area contributed by atoms with E-state index in [4.69, 9.17) is 0 Å². The molecule has 2 heterocycles. The Morgan fingerprint density at radius 3 is 2.71 bits per heavy atom. The zero-order valence-electron chi connectivity index (χ0n) is 12.4. The molecule has 1 fully saturated rings. The Morgan fingerprint density at radius 1 is 1.43 bits per heavy atom. The molecule has 2 rings (SSSR count). The van der Waals surface area contributed by atoms with Gasteiger partial charge in [0.05, 0.1) is 17.2 Å². The Balaban J connectivity index is 1.95. The molecule has 0 atom stereocenters. The van der Waals surface area contributed by atoms with Gasteiger partial charge in [-0.25, -0.2) is 0 Å². The number of aryl methyl sites for hydroxylation is 1. The van der Waals surface area contributed by atoms with Gasteiger partial charge in [-0.2, -0.15) is 0 Å². The standard InChI is InChI=1S/C14H20N4O3/c1-10-7-16-12(11(2)14(10)18(20)21)8-15-9-13(19)17-5-3-4-6-17/h7,15H,3-6,8-9H2,1-2H3. The summed E-state index contributed by atoms with van der Waals surface area (Å²) in [6, 6.07) is 0. The predicted octanol–water partition coefficient (Wildman–Crippen LogP) is 1.32. The van der Waals surface area contributed by atoms with Gasteiger partial charge in [0.15, 0.2) is 0 Å². The monoisotopic (exact) mass is 292 g/mol. The number of pyridine rings is 1. The van der Waals surface area contributed by atoms with Gasteiger partial charge >= 0.3 is 0 Å². The number of hydrogen-bond acceptors (Lipinski definition) is 5. The van der Waals surface area contributed by atoms with Gasteiger partial charge in [-0.1, -0.05) is 0 Å². The van der Waals surface area contributed by atoms with Crippen LogP contribution in [0.25, 0.3) is 0 Å². The normalized spacial score (nSPS) is 14.5. The Hall–Kier alpha value is -2.02. The van der Waals surface area contributed by atoms with Crippen molar-refractivity contribution < 1.29 is 9.72 Å². The first-order valence-corrected chi connectivity index (χ1v) is 7.08. The van der Waals surface area contributed by atoms with Gasteiger partial charge in [0, 0.05) is 37.0 Å². The van der Waals surface area contributed by atoms with Gasteiger partial charge in [0.2, 0.25) is 5.91 Å². The van der Waals surface area contributed by atoms with E-state index in [0.717, 1.165) is 25.9 Å². The molecule has 1 aliphatic rings. The summed E-state index contributed by atoms with van der Waals surface area (Å²) in [5.41, 5.74) is 1.82. The lowest BCUT2D eigenvalue weighted by Gasteiger charge is -2.15. The Labute approximate surface area is 123 Å². The summed E-state index contributed by atoms with van der Waals surface area (Å²) >= 11 is 0. The maximum absolute atomic E-state index is 11.9. The van der Waals surface area contributed by atoms with Crippen molar-refractivity contribution >= 4 is 11.6 Å². The molecule has 1 amide bonds. The summed E-state index contributed by atoms with van der Waals surface area (Å²) in [5.74, 6) is 0.0757. The smallest absolute Gasteiger partial charge is 0.278 e. The first-order valence-electron chi connectivity index (χ1n) is 7.08. The topological polar surface area (TPSA) is 88.4 Å². The quantitative estimate of drug-likeness (QED) is 0.653. The largest absolute Gasteiger partial charge is 0.342 e. The summed E-state index contributed by atoms with van der Waals surface area (Å²) in [7, 11) is 0. The number of nitrogens with zero attached hydrogens (tertiary/aromatic N) is 3. The zero-order valence-corrected chi connectivity index (χ0v) is 12.4. The number of aromatic nitrogens is 1. The van der Waals surface area contributed by atoms with Crippen LogP contribution in [0.1, 0.15) is 29.7 Å². The maximum atomic E-state index is 11.9. The van der Waals surface area contributed by atoms with Gasteiger partial charge < -0.3 is 10.2 Å². The van der Waals surface area contributed by atoms with E-state index in [1.165, 1.54) is 6.20 Å². The number of nitro groups is 1. The number of carbonyl (C=O) groups is 1. The molecule has 0 aromatic carbocycles. The summed E-state index contributed by atoms with van der Waals surface area (Å²) in [4.78, 5) is 28.6. The van der Waals surface area contributed by atoms with Crippen LogP contribution in [0, 0.1) is 24.0 Å². The second kappa shape index (κ2) is 6.62. The van der Waals surface area contributed by atoms with Gasteiger partial charge in [-0.15, -0.1) is 0 Å². The van der Waals surface area contributed by atoms with Crippen molar-refractivity contribution in [3.63, 3.8) is 0 Å². The van der Waals surface area contributed by atoms with E-state index in [1.54, 1.807) is 13.8 Å². The van der Waals surface area contributed by atoms with Crippen LogP contribution < -0.4 is 5.32 Å². The van der Waals surface area contributed by atoms with Crippen molar-refractivity contribution in [3.05, 3.63) is 33.1 Å². The van der Waals surface area contributed by atoms with Crippen molar-refractivity contribution in [2.45, 2.75) is 33.2 Å². The molecule has 1 saturated heterocycles. The third-order valence-electron chi connectivity index (χ3n) is 3.79. The molecule has 7 heteroatoms. The number of rotatable bonds is 5. The molecule has 114 valence electrons. The summed E-state index contributed by atoms with van der Waals surface area (Å²) in [6.45, 7) is 5.61. The maximum Gasteiger partial charge on any atom is 0.278 e. The van der Waals surface area contributed by atoms with Crippen LogP contribution in [0.2, 0.25) is 0 Å². The molecule has 0 unspecified atom stereocenters. The molecule has 0 radical (unpaired) electrons. The third-order valence-corrected chi connectivity index (χ3v) is 3.79. The Bertz CT molecular complexity index is 553. The molecule has 21 heavy (non-hydrogen) atoms. The lowest BCUT2D eigenvalue weighted by atomic mass is 10.1. The van der Waals surface area contributed by atoms with Crippen molar-refractivity contribution in [2.24, 2.45) is 0 Å². The first kappa shape index (κ1) is 15.4. The highest BCUT2D eigenvalue weighted by molar-refractivity contribution is 5.78. The number of carbonyl (C=O) groups excluding carboxylic acids is 1. The van der Waals surface area contributed by atoms with E-state index < -0.39 is 0 Å². The molecular weight excluding hydrogens is 272 g/mol. The van der Waals surface area contributed by atoms with Crippen LogP contribution in [0.3, 0.4) is 0 Å². The second-order valence-corrected chi connectivity index (χ2v) is 5.31. The molecule has 1 aromatic rings. The van der Waals surface area contributed by atoms with Crippen LogP contribution in [0.4, 0.5) is 5.69 Å². The highest BCUT2D eigenvalue weighted by atomic mass is 16.6. The fourth-order valence-electron chi connectivity index (χ4n) is 2.59. The zero-order chi connectivity index (χ0) is 15.4. The average molecular weight is 292 g/mol. The van der Waals surface area contributed by atoms with Crippen molar-refractivity contribution in [3.8, 4) is 0 Å². The van der Waals surface area contributed by atoms with Crippen LogP contribution in [0.5, 0.6) is 0 Å². The number of likely N-dealkylation sites (tertiary alicyclic amines) is 1. The van der Waals surface area contributed by atoms with Crippen LogP contribution in [-0.2, 0) is 11.3 Å². The van der Waals surface area contributed by atoms with Crippen molar-refractivity contribution in [1.82, 2.24) is 15.2 Å². The van der Waals surface area contributed by atoms with Gasteiger partial charge in [0.25, 0.3) is 5.69 Å². The fourth-order valence-corrected chi connectivity index (χ4v) is 2.59. The van der Waals surface area contributed by atoms with Gasteiger partial charge in [0.1, 0.15) is 0 Å². The molecule has 0 saturated carbocycles. The minimum absolute atomic E-state index is 0.0757.